The van der Waals surface area contributed by atoms with Crippen LogP contribution in [0.2, 0.25) is 0 Å². The van der Waals surface area contributed by atoms with E-state index in [1.165, 1.54) is 22.7 Å². The number of aromatic nitrogens is 2. The first-order valence-corrected chi connectivity index (χ1v) is 11.7. The van der Waals surface area contributed by atoms with E-state index in [9.17, 15) is 9.90 Å². The zero-order valence-corrected chi connectivity index (χ0v) is 18.9. The molecule has 0 radical (unpaired) electrons. The normalized spacial score (nSPS) is 10.8. The Bertz CT molecular complexity index is 1220. The number of hydrogen-bond donors (Lipinski definition) is 3. The van der Waals surface area contributed by atoms with Crippen molar-refractivity contribution in [2.24, 2.45) is 0 Å². The van der Waals surface area contributed by atoms with Gasteiger partial charge in [-0.05, 0) is 36.1 Å². The fourth-order valence-electron chi connectivity index (χ4n) is 3.17. The summed E-state index contributed by atoms with van der Waals surface area (Å²) in [6, 6.07) is 13.0. The summed E-state index contributed by atoms with van der Waals surface area (Å²) >= 11 is 2.99. The number of hydrogen-bond acceptors (Lipinski definition) is 8. The summed E-state index contributed by atoms with van der Waals surface area (Å²) in [5.74, 6) is -0.152. The molecule has 0 bridgehead atoms. The summed E-state index contributed by atoms with van der Waals surface area (Å²) < 4.78 is 5.51. The number of carbonyl (C=O) groups is 1. The van der Waals surface area contributed by atoms with Crippen LogP contribution in [0.3, 0.4) is 0 Å². The highest BCUT2D eigenvalue weighted by Crippen LogP contribution is 2.35. The maximum Gasteiger partial charge on any atom is 0.339 e. The molecule has 32 heavy (non-hydrogen) atoms. The minimum Gasteiger partial charge on any atom is -0.491 e. The number of thiophene rings is 1. The zero-order valence-electron chi connectivity index (χ0n) is 17.2. The third-order valence-corrected chi connectivity index (χ3v) is 6.67. The van der Waals surface area contributed by atoms with Crippen LogP contribution >= 0.6 is 22.7 Å². The Balaban J connectivity index is 1.65. The van der Waals surface area contributed by atoms with Gasteiger partial charge in [0.2, 0.25) is 0 Å². The molecule has 7 nitrogen and oxygen atoms in total. The molecule has 0 saturated heterocycles. The fraction of sp³-hybridized carbons (Fsp3) is 0.174. The molecule has 0 saturated carbocycles. The Kier molecular flexibility index (Phi) is 6.79. The molecule has 0 aliphatic carbocycles. The highest BCUT2D eigenvalue weighted by molar-refractivity contribution is 7.16. The molecule has 1 aromatic carbocycles. The number of pyridine rings is 1. The van der Waals surface area contributed by atoms with Crippen molar-refractivity contribution in [2.75, 3.05) is 18.5 Å². The number of carboxylic acid groups (broad SMARTS) is 1. The molecule has 0 unspecified atom stereocenters. The van der Waals surface area contributed by atoms with Crippen LogP contribution in [0.4, 0.5) is 10.9 Å². The molecule has 0 aliphatic heterocycles. The second-order valence-electron chi connectivity index (χ2n) is 6.77. The number of ether oxygens (including phenoxy) is 1. The highest BCUT2D eigenvalue weighted by Gasteiger charge is 2.18. The monoisotopic (exact) mass is 467 g/mol. The molecule has 3 N–H and O–H groups in total. The van der Waals surface area contributed by atoms with Gasteiger partial charge >= 0.3 is 5.97 Å². The van der Waals surface area contributed by atoms with Crippen molar-refractivity contribution in [2.45, 2.75) is 13.3 Å². The lowest BCUT2D eigenvalue weighted by molar-refractivity contribution is 0.0697. The van der Waals surface area contributed by atoms with Crippen LogP contribution in [0.1, 0.15) is 22.2 Å². The molecule has 3 aromatic heterocycles. The van der Waals surface area contributed by atoms with E-state index in [2.05, 4.69) is 10.3 Å². The first kappa shape index (κ1) is 21.9. The first-order chi connectivity index (χ1) is 15.6. The van der Waals surface area contributed by atoms with Gasteiger partial charge in [-0.25, -0.2) is 14.8 Å². The Morgan fingerprint density at radius 2 is 2.06 bits per heavy atom. The Morgan fingerprint density at radius 3 is 2.78 bits per heavy atom. The topological polar surface area (TPSA) is 105 Å². The molecule has 9 heteroatoms. The Morgan fingerprint density at radius 1 is 1.19 bits per heavy atom. The van der Waals surface area contributed by atoms with Gasteiger partial charge in [0, 0.05) is 27.1 Å². The van der Waals surface area contributed by atoms with Crippen LogP contribution in [-0.2, 0) is 6.42 Å². The number of anilines is 2. The Hall–Kier alpha value is -3.27. The molecule has 164 valence electrons. The van der Waals surface area contributed by atoms with Gasteiger partial charge in [-0.15, -0.1) is 22.7 Å². The SMILES string of the molecule is CCc1sc(Nc2ncc(-c3cccs3)cc2C(=O)O)nc1-c1cccc(OCCO)c1. The van der Waals surface area contributed by atoms with E-state index in [1.54, 1.807) is 12.3 Å². The van der Waals surface area contributed by atoms with Crippen LogP contribution in [0, 0.1) is 0 Å². The predicted molar refractivity (Wildman–Crippen MR) is 127 cm³/mol. The average Bonchev–Trinajstić information content (AvgIpc) is 3.48. The second-order valence-corrected chi connectivity index (χ2v) is 8.80. The number of aliphatic hydroxyl groups is 1. The summed E-state index contributed by atoms with van der Waals surface area (Å²) in [6.07, 6.45) is 2.44. The van der Waals surface area contributed by atoms with Gasteiger partial charge in [-0.1, -0.05) is 25.1 Å². The minimum atomic E-state index is -1.06. The highest BCUT2D eigenvalue weighted by atomic mass is 32.1. The second kappa shape index (κ2) is 9.90. The van der Waals surface area contributed by atoms with Gasteiger partial charge in [-0.3, -0.25) is 0 Å². The third-order valence-electron chi connectivity index (χ3n) is 4.64. The lowest BCUT2D eigenvalue weighted by Crippen LogP contribution is -2.05. The largest absolute Gasteiger partial charge is 0.491 e. The van der Waals surface area contributed by atoms with E-state index in [-0.39, 0.29) is 24.6 Å². The van der Waals surface area contributed by atoms with E-state index in [0.29, 0.717) is 10.9 Å². The fourth-order valence-corrected chi connectivity index (χ4v) is 4.80. The quantitative estimate of drug-likeness (QED) is 0.306. The number of rotatable bonds is 9. The molecular formula is C23H21N3O4S2. The lowest BCUT2D eigenvalue weighted by Gasteiger charge is -2.08. The molecule has 4 aromatic rings. The van der Waals surface area contributed by atoms with Crippen LogP contribution in [-0.4, -0.2) is 39.4 Å². The van der Waals surface area contributed by atoms with Gasteiger partial charge in [0.05, 0.1) is 12.3 Å². The van der Waals surface area contributed by atoms with Crippen LogP contribution in [0.5, 0.6) is 5.75 Å². The third kappa shape index (κ3) is 4.80. The van der Waals surface area contributed by atoms with Crippen molar-refractivity contribution in [3.63, 3.8) is 0 Å². The van der Waals surface area contributed by atoms with Crippen molar-refractivity contribution in [3.05, 3.63) is 64.5 Å². The number of thiazole rings is 1. The number of carboxylic acids is 1. The maximum absolute atomic E-state index is 11.9. The van der Waals surface area contributed by atoms with Crippen LogP contribution in [0.25, 0.3) is 21.7 Å². The van der Waals surface area contributed by atoms with E-state index < -0.39 is 5.97 Å². The van der Waals surface area contributed by atoms with Gasteiger partial charge < -0.3 is 20.3 Å². The van der Waals surface area contributed by atoms with E-state index >= 15 is 0 Å². The van der Waals surface area contributed by atoms with Crippen LogP contribution in [0.15, 0.2) is 54.0 Å². The summed E-state index contributed by atoms with van der Waals surface area (Å²) in [6.45, 7) is 2.21. The van der Waals surface area contributed by atoms with E-state index in [1.807, 2.05) is 48.7 Å². The number of aromatic carboxylic acids is 1. The molecule has 0 amide bonds. The number of nitrogens with zero attached hydrogens (tertiary/aromatic N) is 2. The van der Waals surface area contributed by atoms with E-state index in [0.717, 1.165) is 33.0 Å². The predicted octanol–water partition coefficient (Wildman–Crippen LogP) is 5.31. The molecule has 0 atom stereocenters. The number of aryl methyl sites for hydroxylation is 1. The maximum atomic E-state index is 11.9. The molecule has 0 aliphatic rings. The number of nitrogens with one attached hydrogen (secondary N) is 1. The van der Waals surface area contributed by atoms with Gasteiger partial charge in [0.25, 0.3) is 0 Å². The van der Waals surface area contributed by atoms with Crippen molar-refractivity contribution in [1.29, 1.82) is 0 Å². The van der Waals surface area contributed by atoms with E-state index in [4.69, 9.17) is 14.8 Å². The molecular weight excluding hydrogens is 446 g/mol. The Labute approximate surface area is 193 Å². The summed E-state index contributed by atoms with van der Waals surface area (Å²) in [7, 11) is 0. The average molecular weight is 468 g/mol. The van der Waals surface area contributed by atoms with Crippen molar-refractivity contribution >= 4 is 39.6 Å². The number of benzene rings is 1. The van der Waals surface area contributed by atoms with Gasteiger partial charge in [0.15, 0.2) is 5.13 Å². The smallest absolute Gasteiger partial charge is 0.339 e. The molecule has 0 spiro atoms. The molecule has 0 fully saturated rings. The molecule has 3 heterocycles. The van der Waals surface area contributed by atoms with Gasteiger partial charge in [0.1, 0.15) is 23.7 Å². The van der Waals surface area contributed by atoms with Crippen LogP contribution < -0.4 is 10.1 Å². The first-order valence-electron chi connectivity index (χ1n) is 9.97. The van der Waals surface area contributed by atoms with Crippen molar-refractivity contribution < 1.29 is 19.7 Å². The molecule has 4 rings (SSSR count). The minimum absolute atomic E-state index is 0.0562. The lowest BCUT2D eigenvalue weighted by atomic mass is 10.1. The summed E-state index contributed by atoms with van der Waals surface area (Å²) in [5.41, 5.74) is 2.55. The van der Waals surface area contributed by atoms with Crippen molar-refractivity contribution in [1.82, 2.24) is 9.97 Å². The number of aliphatic hydroxyl groups excluding tert-OH is 1. The standard InChI is InChI=1S/C23H21N3O4S2/c1-2-18-20(14-5-3-6-16(11-14)30-9-8-27)25-23(32-18)26-21-17(22(28)29)12-15(13-24-21)19-7-4-10-31-19/h3-7,10-13,27H,2,8-9H2,1H3,(H,28,29)(H,24,25,26). The summed E-state index contributed by atoms with van der Waals surface area (Å²) in [4.78, 5) is 23.0. The summed E-state index contributed by atoms with van der Waals surface area (Å²) in [5, 5.41) is 24.3. The zero-order chi connectivity index (χ0) is 22.5. The van der Waals surface area contributed by atoms with Crippen molar-refractivity contribution in [3.8, 4) is 27.4 Å². The van der Waals surface area contributed by atoms with Gasteiger partial charge in [-0.2, -0.15) is 0 Å².